The van der Waals surface area contributed by atoms with Gasteiger partial charge in [-0.05, 0) is 36.1 Å². The number of aliphatic hydroxyl groups excluding tert-OH is 1. The Kier molecular flexibility index (Phi) is 10.5. The molecule has 9 heteroatoms. The molecule has 4 rings (SSSR count). The van der Waals surface area contributed by atoms with E-state index in [0.717, 1.165) is 16.7 Å². The van der Waals surface area contributed by atoms with Crippen LogP contribution in [-0.2, 0) is 30.3 Å². The molecule has 0 bridgehead atoms. The van der Waals surface area contributed by atoms with Crippen LogP contribution in [0.15, 0.2) is 102 Å². The number of hydrogen-bond donors (Lipinski definition) is 2. The summed E-state index contributed by atoms with van der Waals surface area (Å²) in [6.45, 7) is 3.29. The summed E-state index contributed by atoms with van der Waals surface area (Å²) in [5.41, 5.74) is 2.90. The molecule has 0 spiro atoms. The van der Waals surface area contributed by atoms with Gasteiger partial charge in [0.15, 0.2) is 18.4 Å². The molecule has 0 saturated carbocycles. The number of carbonyl (C=O) groups is 3. The molecule has 3 atom stereocenters. The summed E-state index contributed by atoms with van der Waals surface area (Å²) in [4.78, 5) is 41.2. The Labute approximate surface area is 248 Å². The van der Waals surface area contributed by atoms with E-state index in [1.165, 1.54) is 4.90 Å². The molecular formula is C32H33BrN2O6. The third-order valence-corrected chi connectivity index (χ3v) is 7.29. The van der Waals surface area contributed by atoms with Gasteiger partial charge >= 0.3 is 5.97 Å². The number of carbonyl (C=O) groups excluding carboxylic acids is 3. The van der Waals surface area contributed by atoms with Crippen LogP contribution in [0, 0.1) is 0 Å². The van der Waals surface area contributed by atoms with E-state index in [1.54, 1.807) is 13.8 Å². The number of aliphatic hydroxyl groups is 1. The monoisotopic (exact) mass is 620 g/mol. The fourth-order valence-corrected chi connectivity index (χ4v) is 4.74. The van der Waals surface area contributed by atoms with Crippen LogP contribution < -0.4 is 5.32 Å². The molecule has 0 radical (unpaired) electrons. The zero-order valence-electron chi connectivity index (χ0n) is 22.9. The zero-order chi connectivity index (χ0) is 29.4. The number of alkyl halides is 1. The van der Waals surface area contributed by atoms with Crippen LogP contribution in [0.25, 0.3) is 0 Å². The van der Waals surface area contributed by atoms with Crippen molar-refractivity contribution in [1.82, 2.24) is 10.2 Å². The summed E-state index contributed by atoms with van der Waals surface area (Å²) in [5, 5.41) is 13.1. The minimum atomic E-state index is -1.03. The summed E-state index contributed by atoms with van der Waals surface area (Å²) in [6, 6.07) is 26.8. The van der Waals surface area contributed by atoms with E-state index < -0.39 is 36.4 Å². The molecule has 2 amide bonds. The number of halogens is 1. The quantitative estimate of drug-likeness (QED) is 0.136. The number of hydrogen-bond acceptors (Lipinski definition) is 6. The van der Waals surface area contributed by atoms with Crippen molar-refractivity contribution in [3.8, 4) is 0 Å². The maximum absolute atomic E-state index is 13.8. The van der Waals surface area contributed by atoms with E-state index in [0.29, 0.717) is 5.57 Å². The van der Waals surface area contributed by atoms with Crippen LogP contribution in [0.4, 0.5) is 0 Å². The first-order valence-electron chi connectivity index (χ1n) is 13.3. The minimum Gasteiger partial charge on any atom is -0.448 e. The Morgan fingerprint density at radius 3 is 1.98 bits per heavy atom. The smallest absolute Gasteiger partial charge is 0.356 e. The fraction of sp³-hybridized carbons (Fsp3) is 0.281. The highest BCUT2D eigenvalue weighted by atomic mass is 79.9. The van der Waals surface area contributed by atoms with Crippen LogP contribution in [-0.4, -0.2) is 58.1 Å². The van der Waals surface area contributed by atoms with E-state index in [9.17, 15) is 19.5 Å². The maximum Gasteiger partial charge on any atom is 0.356 e. The number of ether oxygens (including phenoxy) is 2. The van der Waals surface area contributed by atoms with Crippen LogP contribution in [0.2, 0.25) is 0 Å². The Morgan fingerprint density at radius 2 is 1.46 bits per heavy atom. The zero-order valence-corrected chi connectivity index (χ0v) is 24.5. The second-order valence-electron chi connectivity index (χ2n) is 9.90. The average molecular weight is 622 g/mol. The molecule has 3 unspecified atom stereocenters. The van der Waals surface area contributed by atoms with E-state index in [2.05, 4.69) is 21.2 Å². The van der Waals surface area contributed by atoms with Gasteiger partial charge < -0.3 is 19.9 Å². The van der Waals surface area contributed by atoms with Crippen molar-refractivity contribution in [3.05, 3.63) is 119 Å². The number of likely N-dealkylation sites (tertiary alicyclic amines) is 1. The van der Waals surface area contributed by atoms with Crippen molar-refractivity contribution < 1.29 is 29.0 Å². The van der Waals surface area contributed by atoms with Crippen molar-refractivity contribution in [2.45, 2.75) is 44.7 Å². The number of allylic oxidation sites excluding steroid dienone is 1. The van der Waals surface area contributed by atoms with Gasteiger partial charge in [-0.25, -0.2) is 4.79 Å². The van der Waals surface area contributed by atoms with Crippen LogP contribution in [0.5, 0.6) is 0 Å². The van der Waals surface area contributed by atoms with Gasteiger partial charge in [0, 0.05) is 5.33 Å². The molecule has 1 heterocycles. The first-order chi connectivity index (χ1) is 19.8. The third kappa shape index (κ3) is 7.49. The van der Waals surface area contributed by atoms with Crippen molar-refractivity contribution in [2.75, 3.05) is 11.9 Å². The van der Waals surface area contributed by atoms with Crippen molar-refractivity contribution in [1.29, 1.82) is 0 Å². The van der Waals surface area contributed by atoms with Crippen LogP contribution >= 0.6 is 15.9 Å². The van der Waals surface area contributed by atoms with E-state index in [1.807, 2.05) is 91.0 Å². The molecule has 1 aliphatic heterocycles. The lowest BCUT2D eigenvalue weighted by atomic mass is 9.99. The number of esters is 1. The molecule has 214 valence electrons. The van der Waals surface area contributed by atoms with Crippen molar-refractivity contribution in [3.63, 3.8) is 0 Å². The highest BCUT2D eigenvalue weighted by Crippen LogP contribution is 2.33. The lowest BCUT2D eigenvalue weighted by Crippen LogP contribution is -2.72. The van der Waals surface area contributed by atoms with Crippen molar-refractivity contribution in [2.24, 2.45) is 0 Å². The largest absolute Gasteiger partial charge is 0.448 e. The Balaban J connectivity index is 1.58. The van der Waals surface area contributed by atoms with E-state index in [-0.39, 0.29) is 30.0 Å². The summed E-state index contributed by atoms with van der Waals surface area (Å²) in [5.74, 6) is -1.58. The lowest BCUT2D eigenvalue weighted by Gasteiger charge is -2.47. The summed E-state index contributed by atoms with van der Waals surface area (Å²) in [6.07, 6.45) is -2.50. The van der Waals surface area contributed by atoms with Gasteiger partial charge in [-0.1, -0.05) is 107 Å². The van der Waals surface area contributed by atoms with Gasteiger partial charge in [0.1, 0.15) is 5.70 Å². The second kappa shape index (κ2) is 14.2. The van der Waals surface area contributed by atoms with Gasteiger partial charge in [0.25, 0.3) is 5.91 Å². The van der Waals surface area contributed by atoms with E-state index in [4.69, 9.17) is 9.47 Å². The van der Waals surface area contributed by atoms with Gasteiger partial charge in [-0.15, -0.1) is 0 Å². The molecule has 3 aromatic carbocycles. The van der Waals surface area contributed by atoms with Gasteiger partial charge in [0.2, 0.25) is 5.91 Å². The number of rotatable bonds is 12. The fourth-order valence-electron chi connectivity index (χ4n) is 4.56. The summed E-state index contributed by atoms with van der Waals surface area (Å²) < 4.78 is 12.0. The SMILES string of the molecule is CC(C)=C(C(=O)OC(c1ccccc1)c1ccccc1)N1C(=O)C(NC(=O)Cc2ccccc2)C1OCC(O)CBr. The Hall–Kier alpha value is -3.79. The lowest BCUT2D eigenvalue weighted by molar-refractivity contribution is -0.186. The first-order valence-corrected chi connectivity index (χ1v) is 14.4. The predicted molar refractivity (Wildman–Crippen MR) is 158 cm³/mol. The third-order valence-electron chi connectivity index (χ3n) is 6.54. The maximum atomic E-state index is 13.8. The number of benzene rings is 3. The topological polar surface area (TPSA) is 105 Å². The molecule has 0 aliphatic carbocycles. The number of β-lactam (4-membered cyclic amide) rings is 1. The van der Waals surface area contributed by atoms with Crippen molar-refractivity contribution >= 4 is 33.7 Å². The molecule has 1 aliphatic rings. The summed E-state index contributed by atoms with van der Waals surface area (Å²) in [7, 11) is 0. The van der Waals surface area contributed by atoms with Gasteiger partial charge in [-0.3, -0.25) is 14.5 Å². The highest BCUT2D eigenvalue weighted by Gasteiger charge is 2.53. The molecule has 41 heavy (non-hydrogen) atoms. The highest BCUT2D eigenvalue weighted by molar-refractivity contribution is 9.09. The average Bonchev–Trinajstić information content (AvgIpc) is 2.99. The molecule has 3 aromatic rings. The Bertz CT molecular complexity index is 1320. The first kappa shape index (κ1) is 30.2. The molecule has 2 N–H and O–H groups in total. The standard InChI is InChI=1S/C32H33BrN2O6/c1-21(2)28(32(39)41-29(23-14-8-4-9-15-23)24-16-10-5-11-17-24)35-30(38)27(31(35)40-20-25(36)19-33)34-26(37)18-22-12-6-3-7-13-22/h3-17,25,27,29,31,36H,18-20H2,1-2H3,(H,34,37). The number of nitrogens with zero attached hydrogens (tertiary/aromatic N) is 1. The minimum absolute atomic E-state index is 0.0266. The molecule has 8 nitrogen and oxygen atoms in total. The number of amides is 2. The molecule has 1 fully saturated rings. The molecular weight excluding hydrogens is 588 g/mol. The normalized spacial score (nSPS) is 17.0. The second-order valence-corrected chi connectivity index (χ2v) is 10.6. The number of nitrogens with one attached hydrogen (secondary N) is 1. The van der Waals surface area contributed by atoms with Crippen LogP contribution in [0.3, 0.4) is 0 Å². The summed E-state index contributed by atoms with van der Waals surface area (Å²) >= 11 is 3.21. The van der Waals surface area contributed by atoms with E-state index >= 15 is 0 Å². The van der Waals surface area contributed by atoms with Gasteiger partial charge in [-0.2, -0.15) is 0 Å². The predicted octanol–water partition coefficient (Wildman–Crippen LogP) is 4.28. The Morgan fingerprint density at radius 1 is 0.927 bits per heavy atom. The molecule has 0 aromatic heterocycles. The molecule has 1 saturated heterocycles. The van der Waals surface area contributed by atoms with Crippen LogP contribution in [0.1, 0.15) is 36.6 Å². The van der Waals surface area contributed by atoms with Gasteiger partial charge in [0.05, 0.1) is 19.1 Å².